The number of aliphatic carboxylic acids is 1. The molecule has 0 bridgehead atoms. The number of benzene rings is 1. The van der Waals surface area contributed by atoms with Crippen LogP contribution in [0.3, 0.4) is 0 Å². The highest BCUT2D eigenvalue weighted by molar-refractivity contribution is 6.01. The Kier molecular flexibility index (Phi) is 5.22. The minimum atomic E-state index is -0.966. The van der Waals surface area contributed by atoms with Crippen molar-refractivity contribution in [2.45, 2.75) is 37.8 Å². The molecule has 3 rings (SSSR count). The number of ether oxygens (including phenoxy) is 1. The van der Waals surface area contributed by atoms with Gasteiger partial charge in [-0.15, -0.1) is 0 Å². The van der Waals surface area contributed by atoms with Crippen molar-refractivity contribution >= 4 is 28.6 Å². The van der Waals surface area contributed by atoms with E-state index in [1.165, 1.54) is 0 Å². The second kappa shape index (κ2) is 7.57. The second-order valence-corrected chi connectivity index (χ2v) is 6.55. The number of amides is 1. The number of amidine groups is 1. The first kappa shape index (κ1) is 17.9. The highest BCUT2D eigenvalue weighted by Crippen LogP contribution is 2.22. The first-order valence-electron chi connectivity index (χ1n) is 8.54. The van der Waals surface area contributed by atoms with Gasteiger partial charge >= 0.3 is 5.97 Å². The normalized spacial score (nSPS) is 20.0. The van der Waals surface area contributed by atoms with Crippen LogP contribution in [0.15, 0.2) is 24.3 Å². The molecular weight excluding hydrogens is 336 g/mol. The van der Waals surface area contributed by atoms with Crippen molar-refractivity contribution in [3.8, 4) is 0 Å². The van der Waals surface area contributed by atoms with Gasteiger partial charge in [-0.2, -0.15) is 0 Å². The van der Waals surface area contributed by atoms with E-state index in [0.717, 1.165) is 36.6 Å². The lowest BCUT2D eigenvalue weighted by molar-refractivity contribution is -0.145. The summed E-state index contributed by atoms with van der Waals surface area (Å²) >= 11 is 0. The number of rotatable bonds is 6. The smallest absolute Gasteiger partial charge is 0.329 e. The number of carbonyl (C=O) groups excluding carboxylic acids is 1. The van der Waals surface area contributed by atoms with Gasteiger partial charge in [-0.3, -0.25) is 10.2 Å². The van der Waals surface area contributed by atoms with E-state index >= 15 is 0 Å². The third kappa shape index (κ3) is 4.20. The van der Waals surface area contributed by atoms with E-state index in [4.69, 9.17) is 21.0 Å². The minimum absolute atomic E-state index is 0.0191. The number of H-pyrrole nitrogens is 1. The lowest BCUT2D eigenvalue weighted by Gasteiger charge is -2.28. The molecule has 0 spiro atoms. The molecule has 26 heavy (non-hydrogen) atoms. The Morgan fingerprint density at radius 1 is 1.27 bits per heavy atom. The molecule has 138 valence electrons. The molecule has 0 radical (unpaired) electrons. The van der Waals surface area contributed by atoms with Crippen LogP contribution in [0.4, 0.5) is 0 Å². The number of hydrogen-bond donors (Lipinski definition) is 5. The third-order valence-corrected chi connectivity index (χ3v) is 4.63. The summed E-state index contributed by atoms with van der Waals surface area (Å²) in [4.78, 5) is 26.1. The number of aromatic amines is 1. The van der Waals surface area contributed by atoms with Crippen LogP contribution in [0.25, 0.3) is 10.9 Å². The zero-order valence-electron chi connectivity index (χ0n) is 14.2. The molecule has 1 amide bonds. The Morgan fingerprint density at radius 2 is 2.00 bits per heavy atom. The SMILES string of the molecule is N=C(N)c1ccc2cc(C(=O)N[C@H]3CC[C@H](OCC(=O)O)CC3)[nH]c2c1. The molecule has 0 aliphatic heterocycles. The summed E-state index contributed by atoms with van der Waals surface area (Å²) in [6.45, 7) is -0.279. The number of aromatic nitrogens is 1. The molecule has 1 aromatic heterocycles. The number of carbonyl (C=O) groups is 2. The molecule has 0 unspecified atom stereocenters. The molecule has 1 heterocycles. The van der Waals surface area contributed by atoms with Gasteiger partial charge in [0.15, 0.2) is 0 Å². The summed E-state index contributed by atoms with van der Waals surface area (Å²) in [7, 11) is 0. The fourth-order valence-corrected chi connectivity index (χ4v) is 3.24. The highest BCUT2D eigenvalue weighted by atomic mass is 16.5. The largest absolute Gasteiger partial charge is 0.480 e. The third-order valence-electron chi connectivity index (χ3n) is 4.63. The quantitative estimate of drug-likeness (QED) is 0.394. The van der Waals surface area contributed by atoms with Crippen LogP contribution in [-0.2, 0) is 9.53 Å². The zero-order chi connectivity index (χ0) is 18.7. The first-order chi connectivity index (χ1) is 12.4. The molecule has 0 saturated heterocycles. The number of hydrogen-bond acceptors (Lipinski definition) is 4. The minimum Gasteiger partial charge on any atom is -0.480 e. The van der Waals surface area contributed by atoms with Gasteiger partial charge in [0.05, 0.1) is 6.10 Å². The maximum Gasteiger partial charge on any atom is 0.329 e. The van der Waals surface area contributed by atoms with Gasteiger partial charge in [0.1, 0.15) is 18.1 Å². The summed E-state index contributed by atoms with van der Waals surface area (Å²) in [5, 5.41) is 20.0. The Bertz CT molecular complexity index is 837. The van der Waals surface area contributed by atoms with Gasteiger partial charge in [-0.05, 0) is 37.8 Å². The maximum atomic E-state index is 12.5. The number of nitrogen functional groups attached to an aromatic ring is 1. The lowest BCUT2D eigenvalue weighted by atomic mass is 9.93. The molecule has 0 atom stereocenters. The summed E-state index contributed by atoms with van der Waals surface area (Å²) < 4.78 is 5.31. The zero-order valence-corrected chi connectivity index (χ0v) is 14.2. The molecule has 1 fully saturated rings. The van der Waals surface area contributed by atoms with E-state index in [1.54, 1.807) is 18.2 Å². The van der Waals surface area contributed by atoms with E-state index in [1.807, 2.05) is 6.07 Å². The van der Waals surface area contributed by atoms with Crippen LogP contribution in [0.5, 0.6) is 0 Å². The Hall–Kier alpha value is -2.87. The molecular formula is C18H22N4O4. The van der Waals surface area contributed by atoms with Gasteiger partial charge in [0.25, 0.3) is 5.91 Å². The van der Waals surface area contributed by atoms with E-state index in [9.17, 15) is 9.59 Å². The monoisotopic (exact) mass is 358 g/mol. The number of fused-ring (bicyclic) bond motifs is 1. The maximum absolute atomic E-state index is 12.5. The van der Waals surface area contributed by atoms with Crippen LogP contribution in [0.2, 0.25) is 0 Å². The van der Waals surface area contributed by atoms with E-state index in [-0.39, 0.29) is 30.5 Å². The van der Waals surface area contributed by atoms with E-state index in [2.05, 4.69) is 10.3 Å². The van der Waals surface area contributed by atoms with Crippen LogP contribution >= 0.6 is 0 Å². The lowest BCUT2D eigenvalue weighted by Crippen LogP contribution is -2.39. The summed E-state index contributed by atoms with van der Waals surface area (Å²) in [5.74, 6) is -1.16. The molecule has 1 aromatic carbocycles. The Labute approximate surface area is 150 Å². The molecule has 6 N–H and O–H groups in total. The fraction of sp³-hybridized carbons (Fsp3) is 0.389. The highest BCUT2D eigenvalue weighted by Gasteiger charge is 2.24. The molecule has 8 heteroatoms. The number of carboxylic acid groups (broad SMARTS) is 1. The average molecular weight is 358 g/mol. The summed E-state index contributed by atoms with van der Waals surface area (Å²) in [5.41, 5.74) is 7.32. The molecule has 1 aliphatic carbocycles. The molecule has 8 nitrogen and oxygen atoms in total. The van der Waals surface area contributed by atoms with Crippen molar-refractivity contribution in [3.05, 3.63) is 35.5 Å². The Morgan fingerprint density at radius 3 is 2.65 bits per heavy atom. The van der Waals surface area contributed by atoms with Gasteiger partial charge in [0.2, 0.25) is 0 Å². The molecule has 1 saturated carbocycles. The standard InChI is InChI=1S/C18H22N4O4/c19-17(20)11-2-1-10-7-15(22-14(10)8-11)18(25)21-12-3-5-13(6-4-12)26-9-16(23)24/h1-2,7-8,12-13,22H,3-6,9H2,(H3,19,20)(H,21,25)(H,23,24)/t12-,13-. The summed E-state index contributed by atoms with van der Waals surface area (Å²) in [6, 6.07) is 7.14. The van der Waals surface area contributed by atoms with Crippen molar-refractivity contribution in [2.75, 3.05) is 6.61 Å². The van der Waals surface area contributed by atoms with Crippen LogP contribution in [0.1, 0.15) is 41.7 Å². The molecule has 2 aromatic rings. The van der Waals surface area contributed by atoms with Crippen molar-refractivity contribution < 1.29 is 19.4 Å². The number of carboxylic acids is 1. The summed E-state index contributed by atoms with van der Waals surface area (Å²) in [6.07, 6.45) is 2.91. The fourth-order valence-electron chi connectivity index (χ4n) is 3.24. The topological polar surface area (TPSA) is 141 Å². The number of nitrogens with two attached hydrogens (primary N) is 1. The van der Waals surface area contributed by atoms with E-state index < -0.39 is 5.97 Å². The van der Waals surface area contributed by atoms with Crippen molar-refractivity contribution in [1.29, 1.82) is 5.41 Å². The van der Waals surface area contributed by atoms with Gasteiger partial charge in [-0.25, -0.2) is 4.79 Å². The Balaban J connectivity index is 1.58. The average Bonchev–Trinajstić information content (AvgIpc) is 3.04. The first-order valence-corrected chi connectivity index (χ1v) is 8.54. The van der Waals surface area contributed by atoms with E-state index in [0.29, 0.717) is 11.3 Å². The van der Waals surface area contributed by atoms with Crippen LogP contribution in [-0.4, -0.2) is 46.6 Å². The molecule has 1 aliphatic rings. The van der Waals surface area contributed by atoms with Gasteiger partial charge in [0, 0.05) is 22.5 Å². The van der Waals surface area contributed by atoms with Gasteiger partial charge < -0.3 is 25.9 Å². The predicted octanol–water partition coefficient (Wildman–Crippen LogP) is 1.59. The van der Waals surface area contributed by atoms with Crippen molar-refractivity contribution in [3.63, 3.8) is 0 Å². The second-order valence-electron chi connectivity index (χ2n) is 6.55. The number of nitrogens with one attached hydrogen (secondary N) is 3. The van der Waals surface area contributed by atoms with Gasteiger partial charge in [-0.1, -0.05) is 12.1 Å². The predicted molar refractivity (Wildman–Crippen MR) is 96.4 cm³/mol. The van der Waals surface area contributed by atoms with Crippen molar-refractivity contribution in [1.82, 2.24) is 10.3 Å². The van der Waals surface area contributed by atoms with Crippen LogP contribution < -0.4 is 11.1 Å². The van der Waals surface area contributed by atoms with Crippen molar-refractivity contribution in [2.24, 2.45) is 5.73 Å². The van der Waals surface area contributed by atoms with Crippen LogP contribution in [0, 0.1) is 5.41 Å².